The molecular weight excluding hydrogens is 290 g/mol. The monoisotopic (exact) mass is 301 g/mol. The summed E-state index contributed by atoms with van der Waals surface area (Å²) in [6.45, 7) is 1.27. The number of aromatic nitrogens is 1. The summed E-state index contributed by atoms with van der Waals surface area (Å²) >= 11 is 7.66. The number of carbonyl (C=O) groups excluding carboxylic acids is 1. The fourth-order valence-corrected chi connectivity index (χ4v) is 2.88. The van der Waals surface area contributed by atoms with Gasteiger partial charge >= 0.3 is 0 Å². The van der Waals surface area contributed by atoms with Crippen molar-refractivity contribution in [2.45, 2.75) is 6.42 Å². The lowest BCUT2D eigenvalue weighted by Gasteiger charge is -2.20. The Hall–Kier alpha value is -1.34. The van der Waals surface area contributed by atoms with Crippen LogP contribution in [-0.4, -0.2) is 45.3 Å². The van der Waals surface area contributed by atoms with Gasteiger partial charge < -0.3 is 4.90 Å². The Bertz CT molecular complexity index is 504. The SMILES string of the molecule is O=C(c1cc([N+](=O)[O-])cnc1Cl)N1CCCSCC1. The van der Waals surface area contributed by atoms with E-state index < -0.39 is 4.92 Å². The Morgan fingerprint density at radius 2 is 2.26 bits per heavy atom. The standard InChI is InChI=1S/C11H12ClN3O3S/c12-10-9(6-8(7-13-10)15(17)18)11(16)14-2-1-4-19-5-3-14/h6-7H,1-5H2. The Labute approximate surface area is 119 Å². The molecule has 0 saturated carbocycles. The van der Waals surface area contributed by atoms with Gasteiger partial charge in [-0.3, -0.25) is 14.9 Å². The number of pyridine rings is 1. The number of amides is 1. The van der Waals surface area contributed by atoms with Gasteiger partial charge in [-0.25, -0.2) is 4.98 Å². The number of hydrogen-bond donors (Lipinski definition) is 0. The lowest BCUT2D eigenvalue weighted by atomic mass is 10.2. The number of rotatable bonds is 2. The summed E-state index contributed by atoms with van der Waals surface area (Å²) in [6, 6.07) is 1.19. The highest BCUT2D eigenvalue weighted by atomic mass is 35.5. The van der Waals surface area contributed by atoms with Crippen molar-refractivity contribution >= 4 is 35.0 Å². The minimum absolute atomic E-state index is 0.00694. The van der Waals surface area contributed by atoms with Crippen LogP contribution in [0.1, 0.15) is 16.8 Å². The summed E-state index contributed by atoms with van der Waals surface area (Å²) in [6.07, 6.45) is 1.97. The molecule has 1 aliphatic rings. The number of nitro groups is 1. The molecule has 0 N–H and O–H groups in total. The second-order valence-electron chi connectivity index (χ2n) is 4.05. The van der Waals surface area contributed by atoms with E-state index in [2.05, 4.69) is 4.98 Å². The third kappa shape index (κ3) is 3.36. The second-order valence-corrected chi connectivity index (χ2v) is 5.63. The molecule has 0 radical (unpaired) electrons. The molecule has 1 aromatic rings. The van der Waals surface area contributed by atoms with Crippen molar-refractivity contribution in [3.05, 3.63) is 33.1 Å². The Balaban J connectivity index is 2.26. The number of carbonyl (C=O) groups is 1. The van der Waals surface area contributed by atoms with Crippen LogP contribution in [0.25, 0.3) is 0 Å². The van der Waals surface area contributed by atoms with Crippen molar-refractivity contribution in [2.24, 2.45) is 0 Å². The largest absolute Gasteiger partial charge is 0.338 e. The Morgan fingerprint density at radius 1 is 1.47 bits per heavy atom. The molecule has 6 nitrogen and oxygen atoms in total. The fraction of sp³-hybridized carbons (Fsp3) is 0.455. The van der Waals surface area contributed by atoms with E-state index in [1.165, 1.54) is 6.07 Å². The summed E-state index contributed by atoms with van der Waals surface area (Å²) in [7, 11) is 0. The zero-order valence-corrected chi connectivity index (χ0v) is 11.6. The second kappa shape index (κ2) is 6.21. The smallest absolute Gasteiger partial charge is 0.288 e. The topological polar surface area (TPSA) is 76.3 Å². The van der Waals surface area contributed by atoms with E-state index in [4.69, 9.17) is 11.6 Å². The van der Waals surface area contributed by atoms with E-state index in [0.717, 1.165) is 24.1 Å². The van der Waals surface area contributed by atoms with Crippen LogP contribution < -0.4 is 0 Å². The average Bonchev–Trinajstić information content (AvgIpc) is 2.67. The predicted octanol–water partition coefficient (Wildman–Crippen LogP) is 2.22. The molecule has 2 heterocycles. The van der Waals surface area contributed by atoms with Crippen molar-refractivity contribution in [3.63, 3.8) is 0 Å². The van der Waals surface area contributed by atoms with Crippen LogP contribution in [0.4, 0.5) is 5.69 Å². The predicted molar refractivity (Wildman–Crippen MR) is 73.7 cm³/mol. The molecule has 0 aliphatic carbocycles. The van der Waals surface area contributed by atoms with E-state index in [1.807, 2.05) is 0 Å². The van der Waals surface area contributed by atoms with Gasteiger partial charge in [0.25, 0.3) is 11.6 Å². The van der Waals surface area contributed by atoms with E-state index in [1.54, 1.807) is 16.7 Å². The molecule has 102 valence electrons. The molecule has 0 aromatic carbocycles. The lowest BCUT2D eigenvalue weighted by molar-refractivity contribution is -0.385. The summed E-state index contributed by atoms with van der Waals surface area (Å²) in [5.74, 6) is 1.60. The van der Waals surface area contributed by atoms with Gasteiger partial charge in [0.05, 0.1) is 10.5 Å². The van der Waals surface area contributed by atoms with E-state index in [-0.39, 0.29) is 22.3 Å². The quantitative estimate of drug-likeness (QED) is 0.475. The molecule has 0 atom stereocenters. The van der Waals surface area contributed by atoms with E-state index >= 15 is 0 Å². The molecule has 0 bridgehead atoms. The van der Waals surface area contributed by atoms with Crippen LogP contribution >= 0.6 is 23.4 Å². The number of nitrogens with zero attached hydrogens (tertiary/aromatic N) is 3. The third-order valence-corrected chi connectivity index (χ3v) is 4.13. The van der Waals surface area contributed by atoms with Crippen molar-refractivity contribution in [1.82, 2.24) is 9.88 Å². The molecule has 19 heavy (non-hydrogen) atoms. The summed E-state index contributed by atoms with van der Waals surface area (Å²) in [5, 5.41) is 10.7. The molecule has 0 unspecified atom stereocenters. The number of hydrogen-bond acceptors (Lipinski definition) is 5. The minimum Gasteiger partial charge on any atom is -0.338 e. The Morgan fingerprint density at radius 3 is 3.00 bits per heavy atom. The van der Waals surface area contributed by atoms with E-state index in [0.29, 0.717) is 13.1 Å². The van der Waals surface area contributed by atoms with Gasteiger partial charge in [-0.05, 0) is 12.2 Å². The van der Waals surface area contributed by atoms with Gasteiger partial charge in [-0.1, -0.05) is 11.6 Å². The molecule has 0 spiro atoms. The maximum absolute atomic E-state index is 12.3. The molecular formula is C11H12ClN3O3S. The fourth-order valence-electron chi connectivity index (χ4n) is 1.81. The minimum atomic E-state index is -0.585. The average molecular weight is 302 g/mol. The Kier molecular flexibility index (Phi) is 4.60. The molecule has 1 fully saturated rings. The maximum atomic E-state index is 12.3. The lowest BCUT2D eigenvalue weighted by Crippen LogP contribution is -2.33. The first kappa shape index (κ1) is 14.1. The molecule has 1 aliphatic heterocycles. The summed E-state index contributed by atoms with van der Waals surface area (Å²) in [4.78, 5) is 27.8. The molecule has 1 saturated heterocycles. The van der Waals surface area contributed by atoms with Gasteiger partial charge in [0, 0.05) is 24.9 Å². The third-order valence-electron chi connectivity index (χ3n) is 2.78. The van der Waals surface area contributed by atoms with Gasteiger partial charge in [0.2, 0.25) is 0 Å². The first-order valence-corrected chi connectivity index (χ1v) is 7.30. The first-order chi connectivity index (χ1) is 9.09. The van der Waals surface area contributed by atoms with Gasteiger partial charge in [0.15, 0.2) is 0 Å². The summed E-state index contributed by atoms with van der Waals surface area (Å²) in [5.41, 5.74) is -0.125. The van der Waals surface area contributed by atoms with Gasteiger partial charge in [0.1, 0.15) is 11.3 Å². The van der Waals surface area contributed by atoms with Crippen LogP contribution in [0, 0.1) is 10.1 Å². The van der Waals surface area contributed by atoms with Crippen molar-refractivity contribution in [2.75, 3.05) is 24.6 Å². The maximum Gasteiger partial charge on any atom is 0.288 e. The van der Waals surface area contributed by atoms with Crippen molar-refractivity contribution < 1.29 is 9.72 Å². The molecule has 2 rings (SSSR count). The van der Waals surface area contributed by atoms with Crippen LogP contribution in [0.2, 0.25) is 5.15 Å². The highest BCUT2D eigenvalue weighted by Gasteiger charge is 2.22. The first-order valence-electron chi connectivity index (χ1n) is 5.76. The zero-order chi connectivity index (χ0) is 13.8. The summed E-state index contributed by atoms with van der Waals surface area (Å²) < 4.78 is 0. The normalized spacial score (nSPS) is 15.9. The van der Waals surface area contributed by atoms with Crippen LogP contribution in [0.15, 0.2) is 12.3 Å². The zero-order valence-electron chi connectivity index (χ0n) is 10.0. The molecule has 8 heteroatoms. The molecule has 1 aromatic heterocycles. The van der Waals surface area contributed by atoms with Gasteiger partial charge in [-0.15, -0.1) is 0 Å². The highest BCUT2D eigenvalue weighted by molar-refractivity contribution is 7.99. The van der Waals surface area contributed by atoms with E-state index in [9.17, 15) is 14.9 Å². The van der Waals surface area contributed by atoms with Gasteiger partial charge in [-0.2, -0.15) is 11.8 Å². The molecule has 1 amide bonds. The van der Waals surface area contributed by atoms with Crippen LogP contribution in [0.5, 0.6) is 0 Å². The number of thioether (sulfide) groups is 1. The van der Waals surface area contributed by atoms with Crippen molar-refractivity contribution in [1.29, 1.82) is 0 Å². The highest BCUT2D eigenvalue weighted by Crippen LogP contribution is 2.22. The number of halogens is 1. The van der Waals surface area contributed by atoms with Crippen LogP contribution in [0.3, 0.4) is 0 Å². The van der Waals surface area contributed by atoms with Crippen molar-refractivity contribution in [3.8, 4) is 0 Å². The van der Waals surface area contributed by atoms with Crippen LogP contribution in [-0.2, 0) is 0 Å².